The van der Waals surface area contributed by atoms with E-state index in [1.807, 2.05) is 0 Å². The van der Waals surface area contributed by atoms with Gasteiger partial charge >= 0.3 is 0 Å². The van der Waals surface area contributed by atoms with Crippen LogP contribution >= 0.6 is 0 Å². The van der Waals surface area contributed by atoms with Gasteiger partial charge in [-0.15, -0.1) is 0 Å². The van der Waals surface area contributed by atoms with Crippen LogP contribution in [-0.4, -0.2) is 26.3 Å². The number of hydrogen-bond donors (Lipinski definition) is 1. The summed E-state index contributed by atoms with van der Waals surface area (Å²) in [5.74, 6) is 0. The smallest absolute Gasteiger partial charge is 0.0462 e. The average molecular weight is 213 g/mol. The van der Waals surface area contributed by atoms with Gasteiger partial charge in [0, 0.05) is 19.8 Å². The van der Waals surface area contributed by atoms with Crippen LogP contribution in [-0.2, 0) is 4.74 Å². The topological polar surface area (TPSA) is 21.3 Å². The monoisotopic (exact) mass is 213 g/mol. The van der Waals surface area contributed by atoms with Crippen LogP contribution in [0.2, 0.25) is 0 Å². The van der Waals surface area contributed by atoms with E-state index in [0.717, 1.165) is 19.2 Å². The molecule has 0 saturated heterocycles. The van der Waals surface area contributed by atoms with Crippen molar-refractivity contribution in [1.82, 2.24) is 5.32 Å². The fourth-order valence-electron chi connectivity index (χ4n) is 2.55. The van der Waals surface area contributed by atoms with Crippen LogP contribution in [0.25, 0.3) is 0 Å². The largest absolute Gasteiger partial charge is 0.385 e. The van der Waals surface area contributed by atoms with E-state index in [9.17, 15) is 0 Å². The molecular weight excluding hydrogens is 186 g/mol. The average Bonchev–Trinajstić information content (AvgIpc) is 2.16. The Hall–Kier alpha value is -0.0800. The maximum Gasteiger partial charge on any atom is 0.0462 e. The molecule has 90 valence electrons. The van der Waals surface area contributed by atoms with Crippen molar-refractivity contribution in [3.05, 3.63) is 0 Å². The minimum atomic E-state index is 0.558. The molecule has 0 aromatic carbocycles. The van der Waals surface area contributed by atoms with Crippen LogP contribution in [0.5, 0.6) is 0 Å². The van der Waals surface area contributed by atoms with Gasteiger partial charge in [0.1, 0.15) is 0 Å². The zero-order valence-electron chi connectivity index (χ0n) is 10.6. The summed E-state index contributed by atoms with van der Waals surface area (Å²) in [4.78, 5) is 0. The first-order valence-electron chi connectivity index (χ1n) is 6.36. The lowest BCUT2D eigenvalue weighted by atomic mass is 9.75. The van der Waals surface area contributed by atoms with E-state index < -0.39 is 0 Å². The molecule has 2 heteroatoms. The van der Waals surface area contributed by atoms with Gasteiger partial charge in [-0.05, 0) is 44.1 Å². The highest BCUT2D eigenvalue weighted by molar-refractivity contribution is 4.83. The number of methoxy groups -OCH3 is 1. The van der Waals surface area contributed by atoms with Gasteiger partial charge in [-0.1, -0.05) is 20.3 Å². The standard InChI is InChI=1S/C13H27NO/c1-13(2)8-6-7-12(11-13)14-9-4-5-10-15-3/h12,14H,4-11H2,1-3H3/t12-/m0/s1. The quantitative estimate of drug-likeness (QED) is 0.685. The third kappa shape index (κ3) is 5.53. The lowest BCUT2D eigenvalue weighted by Crippen LogP contribution is -2.37. The van der Waals surface area contributed by atoms with Gasteiger partial charge in [-0.25, -0.2) is 0 Å². The molecule has 2 nitrogen and oxygen atoms in total. The summed E-state index contributed by atoms with van der Waals surface area (Å²) >= 11 is 0. The number of ether oxygens (including phenoxy) is 1. The Bertz CT molecular complexity index is 168. The minimum absolute atomic E-state index is 0.558. The van der Waals surface area contributed by atoms with Crippen LogP contribution in [0.4, 0.5) is 0 Å². The van der Waals surface area contributed by atoms with Gasteiger partial charge in [-0.2, -0.15) is 0 Å². The molecule has 1 N–H and O–H groups in total. The SMILES string of the molecule is COCCCCN[C@H]1CCCC(C)(C)C1. The summed E-state index contributed by atoms with van der Waals surface area (Å²) in [5, 5.41) is 3.68. The van der Waals surface area contributed by atoms with E-state index in [4.69, 9.17) is 4.74 Å². The molecule has 0 heterocycles. The lowest BCUT2D eigenvalue weighted by molar-refractivity contribution is 0.184. The van der Waals surface area contributed by atoms with Gasteiger partial charge in [-0.3, -0.25) is 0 Å². The van der Waals surface area contributed by atoms with Crippen LogP contribution in [0.15, 0.2) is 0 Å². The summed E-state index contributed by atoms with van der Waals surface area (Å²) < 4.78 is 5.04. The molecule has 15 heavy (non-hydrogen) atoms. The first-order chi connectivity index (χ1) is 7.14. The molecule has 0 amide bonds. The lowest BCUT2D eigenvalue weighted by Gasteiger charge is -2.35. The van der Waals surface area contributed by atoms with Crippen LogP contribution in [0.1, 0.15) is 52.4 Å². The third-order valence-corrected chi connectivity index (χ3v) is 3.41. The van der Waals surface area contributed by atoms with Gasteiger partial charge in [0.2, 0.25) is 0 Å². The van der Waals surface area contributed by atoms with Crippen molar-refractivity contribution in [3.8, 4) is 0 Å². The Morgan fingerprint density at radius 2 is 2.13 bits per heavy atom. The van der Waals surface area contributed by atoms with E-state index in [-0.39, 0.29) is 0 Å². The van der Waals surface area contributed by atoms with Crippen molar-refractivity contribution in [2.75, 3.05) is 20.3 Å². The molecule has 1 aliphatic rings. The second-order valence-electron chi connectivity index (χ2n) is 5.61. The molecule has 1 fully saturated rings. The highest BCUT2D eigenvalue weighted by Gasteiger charge is 2.27. The minimum Gasteiger partial charge on any atom is -0.385 e. The predicted molar refractivity (Wildman–Crippen MR) is 65.1 cm³/mol. The fourth-order valence-corrected chi connectivity index (χ4v) is 2.55. The molecule has 1 aliphatic carbocycles. The molecule has 0 bridgehead atoms. The number of unbranched alkanes of at least 4 members (excludes halogenated alkanes) is 1. The van der Waals surface area contributed by atoms with Gasteiger partial charge in [0.05, 0.1) is 0 Å². The van der Waals surface area contributed by atoms with Crippen molar-refractivity contribution in [1.29, 1.82) is 0 Å². The van der Waals surface area contributed by atoms with Crippen molar-refractivity contribution >= 4 is 0 Å². The van der Waals surface area contributed by atoms with Gasteiger partial charge < -0.3 is 10.1 Å². The Morgan fingerprint density at radius 3 is 2.80 bits per heavy atom. The van der Waals surface area contributed by atoms with Gasteiger partial charge in [0.15, 0.2) is 0 Å². The van der Waals surface area contributed by atoms with Crippen molar-refractivity contribution in [2.24, 2.45) is 5.41 Å². The summed E-state index contributed by atoms with van der Waals surface area (Å²) in [6, 6.07) is 0.760. The van der Waals surface area contributed by atoms with Crippen LogP contribution in [0, 0.1) is 5.41 Å². The van der Waals surface area contributed by atoms with E-state index in [1.54, 1.807) is 7.11 Å². The van der Waals surface area contributed by atoms with E-state index in [2.05, 4.69) is 19.2 Å². The summed E-state index contributed by atoms with van der Waals surface area (Å²) in [5.41, 5.74) is 0.558. The third-order valence-electron chi connectivity index (χ3n) is 3.41. The molecule has 0 spiro atoms. The summed E-state index contributed by atoms with van der Waals surface area (Å²) in [6.07, 6.45) is 7.92. The maximum atomic E-state index is 5.04. The molecule has 1 saturated carbocycles. The van der Waals surface area contributed by atoms with Gasteiger partial charge in [0.25, 0.3) is 0 Å². The van der Waals surface area contributed by atoms with Crippen molar-refractivity contribution in [3.63, 3.8) is 0 Å². The highest BCUT2D eigenvalue weighted by Crippen LogP contribution is 2.34. The van der Waals surface area contributed by atoms with Crippen molar-refractivity contribution in [2.45, 2.75) is 58.4 Å². The summed E-state index contributed by atoms with van der Waals surface area (Å²) in [6.45, 7) is 6.85. The molecule has 1 atom stereocenters. The highest BCUT2D eigenvalue weighted by atomic mass is 16.5. The fraction of sp³-hybridized carbons (Fsp3) is 1.00. The zero-order chi connectivity index (χ0) is 11.1. The van der Waals surface area contributed by atoms with E-state index >= 15 is 0 Å². The first-order valence-corrected chi connectivity index (χ1v) is 6.36. The normalized spacial score (nSPS) is 25.4. The molecule has 0 aromatic heterocycles. The molecule has 0 unspecified atom stereocenters. The van der Waals surface area contributed by atoms with E-state index in [0.29, 0.717) is 5.41 Å². The maximum absolute atomic E-state index is 5.04. The number of rotatable bonds is 6. The molecule has 0 aliphatic heterocycles. The van der Waals surface area contributed by atoms with E-state index in [1.165, 1.54) is 38.5 Å². The Labute approximate surface area is 94.8 Å². The molecular formula is C13H27NO. The second-order valence-corrected chi connectivity index (χ2v) is 5.61. The number of hydrogen-bond acceptors (Lipinski definition) is 2. The van der Waals surface area contributed by atoms with Crippen LogP contribution < -0.4 is 5.32 Å². The Morgan fingerprint density at radius 1 is 1.33 bits per heavy atom. The first kappa shape index (κ1) is 13.0. The van der Waals surface area contributed by atoms with Crippen LogP contribution in [0.3, 0.4) is 0 Å². The Balaban J connectivity index is 2.05. The second kappa shape index (κ2) is 6.49. The Kier molecular flexibility index (Phi) is 5.62. The predicted octanol–water partition coefficient (Wildman–Crippen LogP) is 2.97. The molecule has 1 rings (SSSR count). The number of nitrogens with one attached hydrogen (secondary N) is 1. The van der Waals surface area contributed by atoms with Crippen molar-refractivity contribution < 1.29 is 4.74 Å². The molecule has 0 aromatic rings. The molecule has 0 radical (unpaired) electrons. The summed E-state index contributed by atoms with van der Waals surface area (Å²) in [7, 11) is 1.77. The zero-order valence-corrected chi connectivity index (χ0v) is 10.6.